The molecule has 0 saturated carbocycles. The first kappa shape index (κ1) is 15.1. The van der Waals surface area contributed by atoms with E-state index in [-0.39, 0.29) is 11.3 Å². The zero-order chi connectivity index (χ0) is 16.6. The van der Waals surface area contributed by atoms with Crippen LogP contribution in [0.3, 0.4) is 0 Å². The number of pyridine rings is 1. The van der Waals surface area contributed by atoms with Gasteiger partial charge in [0.05, 0.1) is 6.04 Å². The highest BCUT2D eigenvalue weighted by Gasteiger charge is 2.17. The minimum atomic E-state index is -0.691. The van der Waals surface area contributed by atoms with Crippen molar-refractivity contribution in [2.45, 2.75) is 19.9 Å². The average molecular weight is 315 g/mol. The van der Waals surface area contributed by atoms with Crippen molar-refractivity contribution in [1.29, 1.82) is 0 Å². The molecule has 23 heavy (non-hydrogen) atoms. The summed E-state index contributed by atoms with van der Waals surface area (Å²) in [5.41, 5.74) is 2.08. The topological polar surface area (TPSA) is 46.4 Å². The second-order valence-corrected chi connectivity index (χ2v) is 5.38. The molecule has 0 fully saturated rings. The predicted octanol–water partition coefficient (Wildman–Crippen LogP) is 3.41. The van der Waals surface area contributed by atoms with E-state index in [0.717, 1.165) is 17.8 Å². The van der Waals surface area contributed by atoms with E-state index in [1.165, 1.54) is 6.07 Å². The zero-order valence-electron chi connectivity index (χ0n) is 12.7. The molecule has 118 valence electrons. The summed E-state index contributed by atoms with van der Waals surface area (Å²) < 4.78 is 28.5. The number of nitrogens with one attached hydrogen (secondary N) is 1. The Kier molecular flexibility index (Phi) is 3.82. The molecule has 1 N–H and O–H groups in total. The maximum atomic E-state index is 13.8. The molecule has 1 atom stereocenters. The summed E-state index contributed by atoms with van der Waals surface area (Å²) in [5, 5.41) is 2.68. The molecule has 2 heterocycles. The fourth-order valence-electron chi connectivity index (χ4n) is 2.46. The van der Waals surface area contributed by atoms with Gasteiger partial charge in [-0.1, -0.05) is 12.1 Å². The van der Waals surface area contributed by atoms with Gasteiger partial charge in [0.1, 0.15) is 23.0 Å². The lowest BCUT2D eigenvalue weighted by Gasteiger charge is -2.14. The van der Waals surface area contributed by atoms with Crippen LogP contribution in [0.5, 0.6) is 0 Å². The summed E-state index contributed by atoms with van der Waals surface area (Å²) in [5.74, 6) is -1.76. The first-order valence-electron chi connectivity index (χ1n) is 7.16. The molecule has 0 aliphatic rings. The van der Waals surface area contributed by atoms with Gasteiger partial charge < -0.3 is 9.72 Å². The van der Waals surface area contributed by atoms with Gasteiger partial charge in [0.15, 0.2) is 0 Å². The number of amides is 1. The molecule has 4 nitrogen and oxygen atoms in total. The number of carbonyl (C=O) groups is 1. The van der Waals surface area contributed by atoms with Crippen LogP contribution in [0.15, 0.2) is 42.6 Å². The zero-order valence-corrected chi connectivity index (χ0v) is 12.7. The lowest BCUT2D eigenvalue weighted by molar-refractivity contribution is 0.0935. The number of carbonyl (C=O) groups excluding carboxylic acids is 1. The third kappa shape index (κ3) is 2.92. The van der Waals surface area contributed by atoms with E-state index in [1.54, 1.807) is 23.6 Å². The third-order valence-electron chi connectivity index (χ3n) is 3.71. The number of nitrogens with zero attached hydrogens (tertiary/aromatic N) is 2. The van der Waals surface area contributed by atoms with Crippen LogP contribution in [0.1, 0.15) is 34.7 Å². The first-order valence-corrected chi connectivity index (χ1v) is 7.16. The third-order valence-corrected chi connectivity index (χ3v) is 3.71. The summed E-state index contributed by atoms with van der Waals surface area (Å²) >= 11 is 0. The van der Waals surface area contributed by atoms with Crippen LogP contribution in [0.2, 0.25) is 0 Å². The molecule has 0 bridgehead atoms. The molecule has 3 rings (SSSR count). The molecular weight excluding hydrogens is 300 g/mol. The monoisotopic (exact) mass is 315 g/mol. The quantitative estimate of drug-likeness (QED) is 0.805. The number of aromatic nitrogens is 2. The van der Waals surface area contributed by atoms with Gasteiger partial charge in [-0.2, -0.15) is 0 Å². The van der Waals surface area contributed by atoms with Gasteiger partial charge in [0.25, 0.3) is 5.91 Å². The number of imidazole rings is 1. The van der Waals surface area contributed by atoms with Crippen molar-refractivity contribution >= 4 is 11.6 Å². The van der Waals surface area contributed by atoms with E-state index < -0.39 is 23.6 Å². The summed E-state index contributed by atoms with van der Waals surface area (Å²) in [6, 6.07) is 8.25. The highest BCUT2D eigenvalue weighted by Crippen LogP contribution is 2.18. The van der Waals surface area contributed by atoms with E-state index in [9.17, 15) is 13.6 Å². The number of hydrogen-bond acceptors (Lipinski definition) is 2. The van der Waals surface area contributed by atoms with Crippen LogP contribution in [0.25, 0.3) is 5.65 Å². The van der Waals surface area contributed by atoms with Crippen LogP contribution in [-0.2, 0) is 0 Å². The Labute approximate surface area is 131 Å². The van der Waals surface area contributed by atoms with E-state index in [2.05, 4.69) is 10.3 Å². The standard InChI is InChI=1S/C17H15F2N3O/c1-10-4-3-5-16-21-15(9-22(10)16)17(23)20-11(2)13-7-6-12(18)8-14(13)19/h3-9,11H,1-2H3,(H,20,23). The molecule has 0 radical (unpaired) electrons. The first-order chi connectivity index (χ1) is 11.0. The number of hydrogen-bond donors (Lipinski definition) is 1. The van der Waals surface area contributed by atoms with E-state index in [4.69, 9.17) is 0 Å². The van der Waals surface area contributed by atoms with Gasteiger partial charge in [-0.15, -0.1) is 0 Å². The Morgan fingerprint density at radius 1 is 1.26 bits per heavy atom. The van der Waals surface area contributed by atoms with Crippen LogP contribution in [-0.4, -0.2) is 15.3 Å². The van der Waals surface area contributed by atoms with Gasteiger partial charge in [-0.25, -0.2) is 13.8 Å². The molecule has 6 heteroatoms. The van der Waals surface area contributed by atoms with Gasteiger partial charge in [0, 0.05) is 23.5 Å². The van der Waals surface area contributed by atoms with Gasteiger partial charge in [-0.3, -0.25) is 4.79 Å². The fraction of sp³-hybridized carbons (Fsp3) is 0.176. The summed E-state index contributed by atoms with van der Waals surface area (Å²) in [6.07, 6.45) is 1.63. The van der Waals surface area contributed by atoms with Crippen molar-refractivity contribution < 1.29 is 13.6 Å². The summed E-state index contributed by atoms with van der Waals surface area (Å²) in [6.45, 7) is 3.54. The smallest absolute Gasteiger partial charge is 0.271 e. The second-order valence-electron chi connectivity index (χ2n) is 5.38. The highest BCUT2D eigenvalue weighted by atomic mass is 19.1. The summed E-state index contributed by atoms with van der Waals surface area (Å²) in [4.78, 5) is 16.6. The van der Waals surface area contributed by atoms with E-state index >= 15 is 0 Å². The number of aryl methyl sites for hydroxylation is 1. The van der Waals surface area contributed by atoms with Gasteiger partial charge in [-0.05, 0) is 32.0 Å². The minimum Gasteiger partial charge on any atom is -0.344 e. The molecule has 0 spiro atoms. The molecule has 1 amide bonds. The normalized spacial score (nSPS) is 12.3. The largest absolute Gasteiger partial charge is 0.344 e. The van der Waals surface area contributed by atoms with Crippen molar-refractivity contribution in [2.75, 3.05) is 0 Å². The lowest BCUT2D eigenvalue weighted by Crippen LogP contribution is -2.27. The molecule has 0 aliphatic heterocycles. The Hall–Kier alpha value is -2.76. The molecule has 0 saturated heterocycles. The Balaban J connectivity index is 1.83. The Bertz CT molecular complexity index is 889. The average Bonchev–Trinajstić information content (AvgIpc) is 2.92. The van der Waals surface area contributed by atoms with Crippen LogP contribution in [0, 0.1) is 18.6 Å². The molecule has 0 aliphatic carbocycles. The fourth-order valence-corrected chi connectivity index (χ4v) is 2.46. The van der Waals surface area contributed by atoms with Crippen LogP contribution < -0.4 is 5.32 Å². The lowest BCUT2D eigenvalue weighted by atomic mass is 10.1. The number of rotatable bonds is 3. The van der Waals surface area contributed by atoms with Crippen LogP contribution in [0.4, 0.5) is 8.78 Å². The Morgan fingerprint density at radius 3 is 2.74 bits per heavy atom. The molecular formula is C17H15F2N3O. The van der Waals surface area contributed by atoms with Crippen molar-refractivity contribution in [3.05, 3.63) is 71.2 Å². The maximum Gasteiger partial charge on any atom is 0.271 e. The summed E-state index contributed by atoms with van der Waals surface area (Å²) in [7, 11) is 0. The Morgan fingerprint density at radius 2 is 2.04 bits per heavy atom. The van der Waals surface area contributed by atoms with E-state index in [0.29, 0.717) is 5.65 Å². The maximum absolute atomic E-state index is 13.8. The predicted molar refractivity (Wildman–Crippen MR) is 82.2 cm³/mol. The minimum absolute atomic E-state index is 0.222. The molecule has 1 unspecified atom stereocenters. The van der Waals surface area contributed by atoms with E-state index in [1.807, 2.05) is 19.1 Å². The number of benzene rings is 1. The molecule has 3 aromatic rings. The number of halogens is 2. The highest BCUT2D eigenvalue weighted by molar-refractivity contribution is 5.93. The van der Waals surface area contributed by atoms with Crippen molar-refractivity contribution in [3.8, 4) is 0 Å². The molecule has 1 aromatic carbocycles. The van der Waals surface area contributed by atoms with Crippen molar-refractivity contribution in [1.82, 2.24) is 14.7 Å². The van der Waals surface area contributed by atoms with Gasteiger partial charge in [0.2, 0.25) is 0 Å². The van der Waals surface area contributed by atoms with Crippen molar-refractivity contribution in [3.63, 3.8) is 0 Å². The van der Waals surface area contributed by atoms with Crippen molar-refractivity contribution in [2.24, 2.45) is 0 Å². The van der Waals surface area contributed by atoms with Gasteiger partial charge >= 0.3 is 0 Å². The second kappa shape index (κ2) is 5.79. The van der Waals surface area contributed by atoms with Crippen LogP contribution >= 0.6 is 0 Å². The molecule has 2 aromatic heterocycles. The SMILES string of the molecule is Cc1cccc2nc(C(=O)NC(C)c3ccc(F)cc3F)cn12. The number of fused-ring (bicyclic) bond motifs is 1.